The molecule has 0 aliphatic heterocycles. The van der Waals surface area contributed by atoms with Crippen molar-refractivity contribution in [2.24, 2.45) is 0 Å². The fourth-order valence-corrected chi connectivity index (χ4v) is 4.71. The lowest BCUT2D eigenvalue weighted by molar-refractivity contribution is 0.618. The standard InChI is InChI=1S/C21H16FN3O2S/c1-11-17(15-10-28-9-14(15)13-3-2-6-23-7-13)16(22)8-25-19(11)18(12-4-5-12)20(26)24-21(25)27/h2-3,6-10,12H,4-5H2,1H3,(H,24,26,27). The van der Waals surface area contributed by atoms with E-state index in [0.29, 0.717) is 22.2 Å². The first-order valence-electron chi connectivity index (χ1n) is 9.01. The predicted octanol–water partition coefficient (Wildman–Crippen LogP) is 4.10. The molecule has 4 aromatic heterocycles. The van der Waals surface area contributed by atoms with Crippen molar-refractivity contribution in [3.63, 3.8) is 0 Å². The van der Waals surface area contributed by atoms with Crippen molar-refractivity contribution in [2.75, 3.05) is 0 Å². The Morgan fingerprint density at radius 1 is 1.25 bits per heavy atom. The van der Waals surface area contributed by atoms with Crippen LogP contribution in [-0.2, 0) is 0 Å². The van der Waals surface area contributed by atoms with Gasteiger partial charge in [-0.1, -0.05) is 6.07 Å². The van der Waals surface area contributed by atoms with Crippen molar-refractivity contribution in [2.45, 2.75) is 25.7 Å². The van der Waals surface area contributed by atoms with Crippen LogP contribution in [0.4, 0.5) is 4.39 Å². The summed E-state index contributed by atoms with van der Waals surface area (Å²) in [6, 6.07) is 3.77. The number of hydrogen-bond donors (Lipinski definition) is 1. The highest BCUT2D eigenvalue weighted by molar-refractivity contribution is 7.08. The van der Waals surface area contributed by atoms with E-state index in [-0.39, 0.29) is 11.5 Å². The van der Waals surface area contributed by atoms with Crippen LogP contribution in [0.3, 0.4) is 0 Å². The molecule has 1 saturated carbocycles. The van der Waals surface area contributed by atoms with Crippen LogP contribution in [0.25, 0.3) is 27.8 Å². The van der Waals surface area contributed by atoms with Gasteiger partial charge in [0.2, 0.25) is 0 Å². The summed E-state index contributed by atoms with van der Waals surface area (Å²) in [5, 5.41) is 3.85. The van der Waals surface area contributed by atoms with E-state index in [1.807, 2.05) is 22.9 Å². The third-order valence-electron chi connectivity index (χ3n) is 5.28. The number of aryl methyl sites for hydroxylation is 1. The highest BCUT2D eigenvalue weighted by Gasteiger charge is 2.31. The number of H-pyrrole nitrogens is 1. The van der Waals surface area contributed by atoms with Gasteiger partial charge in [0.1, 0.15) is 5.82 Å². The summed E-state index contributed by atoms with van der Waals surface area (Å²) < 4.78 is 16.4. The van der Waals surface area contributed by atoms with E-state index in [9.17, 15) is 9.59 Å². The maximum Gasteiger partial charge on any atom is 0.333 e. The van der Waals surface area contributed by atoms with Crippen LogP contribution in [0.1, 0.15) is 29.9 Å². The van der Waals surface area contributed by atoms with Crippen LogP contribution in [0.5, 0.6) is 0 Å². The Bertz CT molecular complexity index is 1330. The Kier molecular flexibility index (Phi) is 3.80. The second-order valence-corrected chi connectivity index (χ2v) is 7.83. The summed E-state index contributed by atoms with van der Waals surface area (Å²) in [5.74, 6) is -0.374. The van der Waals surface area contributed by atoms with Gasteiger partial charge in [0.05, 0.1) is 11.7 Å². The Morgan fingerprint density at radius 3 is 2.75 bits per heavy atom. The molecule has 1 aliphatic rings. The molecule has 5 rings (SSSR count). The number of rotatable bonds is 3. The second-order valence-electron chi connectivity index (χ2n) is 7.08. The molecule has 4 heterocycles. The van der Waals surface area contributed by atoms with Crippen LogP contribution < -0.4 is 11.2 Å². The summed E-state index contributed by atoms with van der Waals surface area (Å²) in [6.07, 6.45) is 6.43. The molecule has 4 aromatic rings. The molecule has 1 fully saturated rings. The molecule has 0 saturated heterocycles. The van der Waals surface area contributed by atoms with E-state index < -0.39 is 11.5 Å². The number of halogens is 1. The van der Waals surface area contributed by atoms with E-state index in [2.05, 4.69) is 9.97 Å². The van der Waals surface area contributed by atoms with Crippen LogP contribution in [0.2, 0.25) is 0 Å². The van der Waals surface area contributed by atoms with Crippen LogP contribution in [0, 0.1) is 12.7 Å². The quantitative estimate of drug-likeness (QED) is 0.570. The maximum absolute atomic E-state index is 15.2. The van der Waals surface area contributed by atoms with Crippen LogP contribution >= 0.6 is 11.3 Å². The number of aromatic nitrogens is 3. The highest BCUT2D eigenvalue weighted by atomic mass is 32.1. The molecule has 1 N–H and O–H groups in total. The number of hydrogen-bond acceptors (Lipinski definition) is 4. The lowest BCUT2D eigenvalue weighted by atomic mass is 9.95. The molecule has 0 spiro atoms. The van der Waals surface area contributed by atoms with Gasteiger partial charge >= 0.3 is 5.69 Å². The number of nitrogens with one attached hydrogen (secondary N) is 1. The number of fused-ring (bicyclic) bond motifs is 1. The van der Waals surface area contributed by atoms with Gasteiger partial charge in [-0.3, -0.25) is 19.2 Å². The van der Waals surface area contributed by atoms with Crippen molar-refractivity contribution < 1.29 is 4.39 Å². The Hall–Kier alpha value is -3.06. The Morgan fingerprint density at radius 2 is 2.04 bits per heavy atom. The van der Waals surface area contributed by atoms with E-state index in [4.69, 9.17) is 0 Å². The predicted molar refractivity (Wildman–Crippen MR) is 108 cm³/mol. The molecule has 28 heavy (non-hydrogen) atoms. The monoisotopic (exact) mass is 393 g/mol. The summed E-state index contributed by atoms with van der Waals surface area (Å²) >= 11 is 1.48. The molecule has 5 nitrogen and oxygen atoms in total. The van der Waals surface area contributed by atoms with Crippen molar-refractivity contribution in [1.29, 1.82) is 0 Å². The van der Waals surface area contributed by atoms with E-state index in [0.717, 1.165) is 29.5 Å². The first-order valence-corrected chi connectivity index (χ1v) is 9.95. The average molecular weight is 393 g/mol. The van der Waals surface area contributed by atoms with Crippen molar-refractivity contribution in [3.8, 4) is 22.3 Å². The van der Waals surface area contributed by atoms with Gasteiger partial charge in [-0.25, -0.2) is 9.18 Å². The second kappa shape index (κ2) is 6.24. The smallest absolute Gasteiger partial charge is 0.273 e. The van der Waals surface area contributed by atoms with Crippen molar-refractivity contribution >= 4 is 16.9 Å². The fraction of sp³-hybridized carbons (Fsp3) is 0.190. The van der Waals surface area contributed by atoms with Crippen molar-refractivity contribution in [3.05, 3.63) is 79.3 Å². The molecule has 0 aromatic carbocycles. The van der Waals surface area contributed by atoms with Crippen LogP contribution in [-0.4, -0.2) is 14.4 Å². The Labute approximate surface area is 163 Å². The zero-order valence-electron chi connectivity index (χ0n) is 15.0. The summed E-state index contributed by atoms with van der Waals surface area (Å²) in [4.78, 5) is 31.3. The zero-order valence-corrected chi connectivity index (χ0v) is 15.8. The maximum atomic E-state index is 15.2. The molecule has 140 valence electrons. The topological polar surface area (TPSA) is 67.2 Å². The van der Waals surface area contributed by atoms with Gasteiger partial charge in [0.25, 0.3) is 5.56 Å². The minimum atomic E-state index is -0.615. The molecule has 0 unspecified atom stereocenters. The normalized spacial score (nSPS) is 13.9. The number of nitrogens with zero attached hydrogens (tertiary/aromatic N) is 2. The minimum Gasteiger partial charge on any atom is -0.273 e. The van der Waals surface area contributed by atoms with Gasteiger partial charge in [-0.15, -0.1) is 0 Å². The Balaban J connectivity index is 1.86. The SMILES string of the molecule is Cc1c(-c2cscc2-c2cccnc2)c(F)cn2c(=O)[nH]c(=O)c(C3CC3)c12. The summed E-state index contributed by atoms with van der Waals surface area (Å²) in [7, 11) is 0. The molecule has 0 atom stereocenters. The fourth-order valence-electron chi connectivity index (χ4n) is 3.86. The third kappa shape index (κ3) is 2.54. The van der Waals surface area contributed by atoms with Gasteiger partial charge in [-0.05, 0) is 48.1 Å². The number of aromatic amines is 1. The number of pyridine rings is 2. The molecule has 7 heteroatoms. The molecule has 0 bridgehead atoms. The van der Waals surface area contributed by atoms with Crippen LogP contribution in [0.15, 0.2) is 51.1 Å². The average Bonchev–Trinajstić information content (AvgIpc) is 3.40. The van der Waals surface area contributed by atoms with Gasteiger partial charge in [0, 0.05) is 40.2 Å². The highest BCUT2D eigenvalue weighted by Crippen LogP contribution is 2.43. The zero-order chi connectivity index (χ0) is 19.4. The molecule has 1 aliphatic carbocycles. The lowest BCUT2D eigenvalue weighted by Gasteiger charge is -2.15. The first-order chi connectivity index (χ1) is 13.6. The third-order valence-corrected chi connectivity index (χ3v) is 6.02. The van der Waals surface area contributed by atoms with E-state index >= 15 is 4.39 Å². The minimum absolute atomic E-state index is 0.122. The summed E-state index contributed by atoms with van der Waals surface area (Å²) in [6.45, 7) is 1.78. The molecular formula is C21H16FN3O2S. The van der Waals surface area contributed by atoms with E-state index in [1.54, 1.807) is 19.3 Å². The van der Waals surface area contributed by atoms with Gasteiger partial charge in [-0.2, -0.15) is 11.3 Å². The molecule has 0 radical (unpaired) electrons. The first kappa shape index (κ1) is 17.1. The molecule has 0 amide bonds. The summed E-state index contributed by atoms with van der Waals surface area (Å²) in [5.41, 5.74) is 3.66. The van der Waals surface area contributed by atoms with Gasteiger partial charge < -0.3 is 0 Å². The van der Waals surface area contributed by atoms with Crippen molar-refractivity contribution in [1.82, 2.24) is 14.4 Å². The van der Waals surface area contributed by atoms with Gasteiger partial charge in [0.15, 0.2) is 0 Å². The number of thiophene rings is 1. The van der Waals surface area contributed by atoms with E-state index in [1.165, 1.54) is 21.9 Å². The molecular weight excluding hydrogens is 377 g/mol. The largest absolute Gasteiger partial charge is 0.333 e. The lowest BCUT2D eigenvalue weighted by Crippen LogP contribution is -2.29.